The highest BCUT2D eigenvalue weighted by molar-refractivity contribution is 6.34. The molecule has 0 bridgehead atoms. The van der Waals surface area contributed by atoms with Gasteiger partial charge < -0.3 is 18.9 Å². The van der Waals surface area contributed by atoms with E-state index in [0.717, 1.165) is 19.3 Å². The molecule has 6 nitrogen and oxygen atoms in total. The zero-order valence-corrected chi connectivity index (χ0v) is 17.5. The summed E-state index contributed by atoms with van der Waals surface area (Å²) in [6.07, 6.45) is 6.05. The molecule has 1 atom stereocenters. The third-order valence-electron chi connectivity index (χ3n) is 5.69. The molecule has 2 aliphatic rings. The van der Waals surface area contributed by atoms with Gasteiger partial charge >= 0.3 is 0 Å². The number of rotatable bonds is 5. The normalized spacial score (nSPS) is 17.5. The Bertz CT molecular complexity index is 943. The molecule has 1 unspecified atom stereocenters. The maximum Gasteiger partial charge on any atom is 0.294 e. The maximum atomic E-state index is 13.4. The number of fused-ring (bicyclic) bond motifs is 1. The van der Waals surface area contributed by atoms with Gasteiger partial charge in [-0.1, -0.05) is 36.5 Å². The van der Waals surface area contributed by atoms with Crippen molar-refractivity contribution in [2.75, 3.05) is 25.2 Å². The summed E-state index contributed by atoms with van der Waals surface area (Å²) in [5.41, 5.74) is 0.465. The fourth-order valence-corrected chi connectivity index (χ4v) is 4.57. The molecule has 4 rings (SSSR count). The summed E-state index contributed by atoms with van der Waals surface area (Å²) in [6.45, 7) is 2.97. The van der Waals surface area contributed by atoms with Crippen LogP contribution in [0, 0.1) is 5.92 Å². The van der Waals surface area contributed by atoms with Crippen LogP contribution in [0.3, 0.4) is 0 Å². The second-order valence-corrected chi connectivity index (χ2v) is 8.02. The van der Waals surface area contributed by atoms with Crippen molar-refractivity contribution in [1.82, 2.24) is 9.55 Å². The third kappa shape index (κ3) is 3.33. The molecule has 0 N–H and O–H groups in total. The minimum atomic E-state index is -0.150. The first-order valence-corrected chi connectivity index (χ1v) is 10.4. The Morgan fingerprint density at radius 2 is 2.14 bits per heavy atom. The van der Waals surface area contributed by atoms with E-state index < -0.39 is 0 Å². The number of hydrogen-bond acceptors (Lipinski definition) is 5. The van der Waals surface area contributed by atoms with Gasteiger partial charge in [0.2, 0.25) is 5.82 Å². The molecule has 8 heteroatoms. The molecule has 1 aromatic carbocycles. The molecule has 0 amide bonds. The SMILES string of the molecule is CCC(C1CCC1)n1cc(Cl)nc(N2CCOc3cc(OC)cc(Cl)c32)c1=O. The Labute approximate surface area is 174 Å². The molecule has 2 heterocycles. The molecule has 0 spiro atoms. The Kier molecular flexibility index (Phi) is 5.43. The van der Waals surface area contributed by atoms with Gasteiger partial charge in [0.15, 0.2) is 0 Å². The lowest BCUT2D eigenvalue weighted by molar-refractivity contribution is 0.199. The lowest BCUT2D eigenvalue weighted by atomic mass is 9.78. The van der Waals surface area contributed by atoms with Crippen molar-refractivity contribution in [2.24, 2.45) is 5.92 Å². The van der Waals surface area contributed by atoms with Gasteiger partial charge in [-0.3, -0.25) is 4.79 Å². The molecular weight excluding hydrogens is 401 g/mol. The minimum absolute atomic E-state index is 0.132. The van der Waals surface area contributed by atoms with Gasteiger partial charge in [0.05, 0.1) is 18.7 Å². The monoisotopic (exact) mass is 423 g/mol. The van der Waals surface area contributed by atoms with Crippen LogP contribution in [0.25, 0.3) is 0 Å². The second kappa shape index (κ2) is 7.84. The molecule has 150 valence electrons. The topological polar surface area (TPSA) is 56.6 Å². The predicted molar refractivity (Wildman–Crippen MR) is 111 cm³/mol. The van der Waals surface area contributed by atoms with E-state index >= 15 is 0 Å². The quantitative estimate of drug-likeness (QED) is 0.688. The largest absolute Gasteiger partial charge is 0.497 e. The standard InChI is InChI=1S/C20H23Cl2N3O3/c1-3-15(12-5-4-6-12)25-11-17(22)23-19(20(25)26)24-7-8-28-16-10-13(27-2)9-14(21)18(16)24/h9-12,15H,3-8H2,1-2H3. The molecule has 1 fully saturated rings. The molecular formula is C20H23Cl2N3O3. The lowest BCUT2D eigenvalue weighted by Crippen LogP contribution is -2.38. The summed E-state index contributed by atoms with van der Waals surface area (Å²) in [4.78, 5) is 19.6. The molecule has 28 heavy (non-hydrogen) atoms. The van der Waals surface area contributed by atoms with E-state index in [9.17, 15) is 4.79 Å². The van der Waals surface area contributed by atoms with Gasteiger partial charge in [-0.2, -0.15) is 0 Å². The van der Waals surface area contributed by atoms with E-state index in [1.165, 1.54) is 6.42 Å². The van der Waals surface area contributed by atoms with E-state index in [4.69, 9.17) is 32.7 Å². The summed E-state index contributed by atoms with van der Waals surface area (Å²) in [5, 5.41) is 0.734. The first-order chi connectivity index (χ1) is 13.5. The number of aromatic nitrogens is 2. The van der Waals surface area contributed by atoms with Crippen LogP contribution in [0.4, 0.5) is 11.5 Å². The molecule has 1 aliphatic heterocycles. The number of benzene rings is 1. The van der Waals surface area contributed by atoms with E-state index in [0.29, 0.717) is 46.4 Å². The average Bonchev–Trinajstić information content (AvgIpc) is 2.65. The van der Waals surface area contributed by atoms with Crippen molar-refractivity contribution < 1.29 is 9.47 Å². The van der Waals surface area contributed by atoms with Gasteiger partial charge in [0.1, 0.15) is 28.9 Å². The Morgan fingerprint density at radius 3 is 2.79 bits per heavy atom. The van der Waals surface area contributed by atoms with Crippen LogP contribution in [0.15, 0.2) is 23.1 Å². The summed E-state index contributed by atoms with van der Waals surface area (Å²) in [5.74, 6) is 1.95. The van der Waals surface area contributed by atoms with E-state index in [1.54, 1.807) is 34.9 Å². The van der Waals surface area contributed by atoms with E-state index in [-0.39, 0.29) is 17.4 Å². The van der Waals surface area contributed by atoms with E-state index in [2.05, 4.69) is 11.9 Å². The van der Waals surface area contributed by atoms with Crippen LogP contribution in [-0.2, 0) is 0 Å². The van der Waals surface area contributed by atoms with Crippen LogP contribution in [-0.4, -0.2) is 29.8 Å². The third-order valence-corrected chi connectivity index (χ3v) is 6.16. The van der Waals surface area contributed by atoms with Crippen LogP contribution in [0.5, 0.6) is 11.5 Å². The average molecular weight is 424 g/mol. The number of methoxy groups -OCH3 is 1. The summed E-state index contributed by atoms with van der Waals surface area (Å²) in [6, 6.07) is 3.60. The highest BCUT2D eigenvalue weighted by Crippen LogP contribution is 2.44. The fraction of sp³-hybridized carbons (Fsp3) is 0.500. The molecule has 0 radical (unpaired) electrons. The van der Waals surface area contributed by atoms with Crippen molar-refractivity contribution >= 4 is 34.7 Å². The highest BCUT2D eigenvalue weighted by Gasteiger charge is 2.31. The van der Waals surface area contributed by atoms with Crippen LogP contribution in [0.1, 0.15) is 38.6 Å². The number of ether oxygens (including phenoxy) is 2. The first kappa shape index (κ1) is 19.4. The van der Waals surface area contributed by atoms with Crippen molar-refractivity contribution in [3.8, 4) is 11.5 Å². The molecule has 1 aromatic heterocycles. The van der Waals surface area contributed by atoms with Gasteiger partial charge in [-0.15, -0.1) is 0 Å². The van der Waals surface area contributed by atoms with Crippen LogP contribution in [0.2, 0.25) is 10.2 Å². The van der Waals surface area contributed by atoms with Gasteiger partial charge in [0.25, 0.3) is 5.56 Å². The van der Waals surface area contributed by atoms with Gasteiger partial charge in [0, 0.05) is 24.4 Å². The zero-order valence-electron chi connectivity index (χ0n) is 16.0. The second-order valence-electron chi connectivity index (χ2n) is 7.22. The molecule has 2 aromatic rings. The fourth-order valence-electron chi connectivity index (χ4n) is 4.08. The Hall–Kier alpha value is -1.92. The zero-order chi connectivity index (χ0) is 19.8. The Balaban J connectivity index is 1.82. The van der Waals surface area contributed by atoms with Crippen LogP contribution >= 0.6 is 23.2 Å². The number of nitrogens with zero attached hydrogens (tertiary/aromatic N) is 3. The number of hydrogen-bond donors (Lipinski definition) is 0. The van der Waals surface area contributed by atoms with Crippen molar-refractivity contribution in [2.45, 2.75) is 38.6 Å². The molecule has 0 saturated heterocycles. The van der Waals surface area contributed by atoms with Crippen molar-refractivity contribution in [1.29, 1.82) is 0 Å². The van der Waals surface area contributed by atoms with Gasteiger partial charge in [-0.25, -0.2) is 4.98 Å². The minimum Gasteiger partial charge on any atom is -0.497 e. The predicted octanol–water partition coefficient (Wildman–Crippen LogP) is 4.84. The summed E-state index contributed by atoms with van der Waals surface area (Å²) < 4.78 is 12.8. The highest BCUT2D eigenvalue weighted by atomic mass is 35.5. The Morgan fingerprint density at radius 1 is 1.36 bits per heavy atom. The first-order valence-electron chi connectivity index (χ1n) is 9.60. The number of anilines is 2. The summed E-state index contributed by atoms with van der Waals surface area (Å²) in [7, 11) is 1.57. The van der Waals surface area contributed by atoms with Crippen molar-refractivity contribution in [3.63, 3.8) is 0 Å². The van der Waals surface area contributed by atoms with Crippen LogP contribution < -0.4 is 19.9 Å². The maximum absolute atomic E-state index is 13.4. The summed E-state index contributed by atoms with van der Waals surface area (Å²) >= 11 is 12.8. The van der Waals surface area contributed by atoms with Crippen molar-refractivity contribution in [3.05, 3.63) is 38.9 Å². The smallest absolute Gasteiger partial charge is 0.294 e. The number of halogens is 2. The van der Waals surface area contributed by atoms with E-state index in [1.807, 2.05) is 0 Å². The molecule has 1 aliphatic carbocycles. The van der Waals surface area contributed by atoms with Gasteiger partial charge in [-0.05, 0) is 25.2 Å². The lowest BCUT2D eigenvalue weighted by Gasteiger charge is -2.35. The molecule has 1 saturated carbocycles.